The Hall–Kier alpha value is -1.51. The van der Waals surface area contributed by atoms with Gasteiger partial charge in [0.1, 0.15) is 0 Å². The van der Waals surface area contributed by atoms with Crippen molar-refractivity contribution in [1.82, 2.24) is 5.32 Å². The number of aryl methyl sites for hydroxylation is 1. The summed E-state index contributed by atoms with van der Waals surface area (Å²) in [6.45, 7) is 8.81. The molecule has 0 aliphatic heterocycles. The van der Waals surface area contributed by atoms with E-state index in [0.717, 1.165) is 5.56 Å². The van der Waals surface area contributed by atoms with Gasteiger partial charge in [0.05, 0.1) is 0 Å². The van der Waals surface area contributed by atoms with Gasteiger partial charge in [0.25, 0.3) is 5.91 Å². The van der Waals surface area contributed by atoms with Crippen molar-refractivity contribution in [2.24, 2.45) is 5.41 Å². The molecule has 0 aromatic heterocycles. The second-order valence-corrected chi connectivity index (χ2v) is 5.32. The summed E-state index contributed by atoms with van der Waals surface area (Å²) >= 11 is 0. The fraction of sp³-hybridized carbons (Fsp3) is 0.462. The van der Waals surface area contributed by atoms with Gasteiger partial charge in [-0.25, -0.2) is 0 Å². The molecule has 0 fully saturated rings. The van der Waals surface area contributed by atoms with Crippen molar-refractivity contribution in [3.8, 4) is 0 Å². The molecule has 1 amide bonds. The number of nitrogens with two attached hydrogens (primary N) is 1. The molecule has 88 valence electrons. The van der Waals surface area contributed by atoms with Gasteiger partial charge in [-0.2, -0.15) is 0 Å². The second-order valence-electron chi connectivity index (χ2n) is 5.32. The fourth-order valence-electron chi connectivity index (χ4n) is 1.38. The van der Waals surface area contributed by atoms with E-state index in [-0.39, 0.29) is 11.3 Å². The molecule has 16 heavy (non-hydrogen) atoms. The number of benzene rings is 1. The summed E-state index contributed by atoms with van der Waals surface area (Å²) in [7, 11) is 0. The largest absolute Gasteiger partial charge is 0.399 e. The van der Waals surface area contributed by atoms with E-state index in [2.05, 4.69) is 26.1 Å². The average molecular weight is 220 g/mol. The highest BCUT2D eigenvalue weighted by Gasteiger charge is 2.14. The van der Waals surface area contributed by atoms with Crippen LogP contribution in [0.4, 0.5) is 5.69 Å². The van der Waals surface area contributed by atoms with Crippen LogP contribution in [-0.4, -0.2) is 12.5 Å². The molecule has 0 saturated carbocycles. The highest BCUT2D eigenvalue weighted by molar-refractivity contribution is 5.96. The quantitative estimate of drug-likeness (QED) is 0.752. The summed E-state index contributed by atoms with van der Waals surface area (Å²) in [5.41, 5.74) is 8.02. The lowest BCUT2D eigenvalue weighted by molar-refractivity contribution is 0.0938. The smallest absolute Gasteiger partial charge is 0.251 e. The zero-order valence-electron chi connectivity index (χ0n) is 10.4. The maximum Gasteiger partial charge on any atom is 0.251 e. The summed E-state index contributed by atoms with van der Waals surface area (Å²) in [4.78, 5) is 11.9. The third kappa shape index (κ3) is 3.57. The molecule has 1 aromatic rings. The number of carbonyl (C=O) groups excluding carboxylic acids is 1. The van der Waals surface area contributed by atoms with Crippen molar-refractivity contribution in [3.63, 3.8) is 0 Å². The van der Waals surface area contributed by atoms with Crippen LogP contribution in [0.3, 0.4) is 0 Å². The summed E-state index contributed by atoms with van der Waals surface area (Å²) in [5, 5.41) is 2.92. The lowest BCUT2D eigenvalue weighted by Crippen LogP contribution is -2.32. The van der Waals surface area contributed by atoms with E-state index in [0.29, 0.717) is 17.8 Å². The van der Waals surface area contributed by atoms with Crippen molar-refractivity contribution in [2.45, 2.75) is 27.7 Å². The molecule has 0 radical (unpaired) electrons. The highest BCUT2D eigenvalue weighted by atomic mass is 16.1. The maximum atomic E-state index is 11.9. The van der Waals surface area contributed by atoms with Crippen LogP contribution in [0.1, 0.15) is 36.7 Å². The van der Waals surface area contributed by atoms with Crippen LogP contribution >= 0.6 is 0 Å². The molecule has 0 spiro atoms. The highest BCUT2D eigenvalue weighted by Crippen LogP contribution is 2.14. The SMILES string of the molecule is Cc1cc(N)ccc1C(=O)NCC(C)(C)C. The molecule has 3 N–H and O–H groups in total. The first-order chi connectivity index (χ1) is 7.29. The Morgan fingerprint density at radius 3 is 2.50 bits per heavy atom. The van der Waals surface area contributed by atoms with E-state index < -0.39 is 0 Å². The number of nitrogen functional groups attached to an aromatic ring is 1. The fourth-order valence-corrected chi connectivity index (χ4v) is 1.38. The molecule has 1 aromatic carbocycles. The first kappa shape index (κ1) is 12.6. The minimum atomic E-state index is -0.0348. The molecule has 1 rings (SSSR count). The van der Waals surface area contributed by atoms with Crippen LogP contribution in [0.15, 0.2) is 18.2 Å². The van der Waals surface area contributed by atoms with E-state index in [1.54, 1.807) is 12.1 Å². The molecular weight excluding hydrogens is 200 g/mol. The number of hydrogen-bond acceptors (Lipinski definition) is 2. The minimum Gasteiger partial charge on any atom is -0.399 e. The summed E-state index contributed by atoms with van der Waals surface area (Å²) in [5.74, 6) is -0.0348. The predicted octanol–water partition coefficient (Wildman–Crippen LogP) is 2.35. The zero-order valence-corrected chi connectivity index (χ0v) is 10.4. The Balaban J connectivity index is 2.74. The Morgan fingerprint density at radius 1 is 1.38 bits per heavy atom. The molecule has 3 nitrogen and oxygen atoms in total. The normalized spacial score (nSPS) is 11.2. The third-order valence-corrected chi connectivity index (χ3v) is 2.27. The van der Waals surface area contributed by atoms with Gasteiger partial charge < -0.3 is 11.1 Å². The van der Waals surface area contributed by atoms with Gasteiger partial charge in [0, 0.05) is 17.8 Å². The molecule has 0 aliphatic rings. The van der Waals surface area contributed by atoms with Gasteiger partial charge in [-0.3, -0.25) is 4.79 Å². The number of hydrogen-bond donors (Lipinski definition) is 2. The van der Waals surface area contributed by atoms with Crippen molar-refractivity contribution < 1.29 is 4.79 Å². The summed E-state index contributed by atoms with van der Waals surface area (Å²) < 4.78 is 0. The van der Waals surface area contributed by atoms with E-state index in [9.17, 15) is 4.79 Å². The lowest BCUT2D eigenvalue weighted by Gasteiger charge is -2.19. The number of anilines is 1. The Morgan fingerprint density at radius 2 is 2.00 bits per heavy atom. The van der Waals surface area contributed by atoms with Gasteiger partial charge >= 0.3 is 0 Å². The Bertz CT molecular complexity index is 391. The van der Waals surface area contributed by atoms with Crippen LogP contribution in [0.2, 0.25) is 0 Å². The van der Waals surface area contributed by atoms with Crippen molar-refractivity contribution in [2.75, 3.05) is 12.3 Å². The maximum absolute atomic E-state index is 11.9. The van der Waals surface area contributed by atoms with Gasteiger partial charge in [-0.1, -0.05) is 20.8 Å². The molecule has 0 aliphatic carbocycles. The van der Waals surface area contributed by atoms with Gasteiger partial charge in [0.2, 0.25) is 0 Å². The van der Waals surface area contributed by atoms with Crippen LogP contribution in [-0.2, 0) is 0 Å². The second kappa shape index (κ2) is 4.56. The summed E-state index contributed by atoms with van der Waals surface area (Å²) in [6, 6.07) is 5.33. The number of amides is 1. The van der Waals surface area contributed by atoms with Crippen LogP contribution in [0, 0.1) is 12.3 Å². The Kier molecular flexibility index (Phi) is 3.58. The Labute approximate surface area is 97.0 Å². The van der Waals surface area contributed by atoms with Crippen LogP contribution in [0.25, 0.3) is 0 Å². The van der Waals surface area contributed by atoms with E-state index in [4.69, 9.17) is 5.73 Å². The third-order valence-electron chi connectivity index (χ3n) is 2.27. The number of rotatable bonds is 2. The predicted molar refractivity (Wildman–Crippen MR) is 67.4 cm³/mol. The molecular formula is C13H20N2O. The summed E-state index contributed by atoms with van der Waals surface area (Å²) in [6.07, 6.45) is 0. The molecule has 0 atom stereocenters. The van der Waals surface area contributed by atoms with Gasteiger partial charge in [-0.05, 0) is 36.1 Å². The van der Waals surface area contributed by atoms with E-state index >= 15 is 0 Å². The molecule has 0 heterocycles. The van der Waals surface area contributed by atoms with Crippen molar-refractivity contribution in [1.29, 1.82) is 0 Å². The van der Waals surface area contributed by atoms with Crippen LogP contribution in [0.5, 0.6) is 0 Å². The topological polar surface area (TPSA) is 55.1 Å². The lowest BCUT2D eigenvalue weighted by atomic mass is 9.96. The van der Waals surface area contributed by atoms with Gasteiger partial charge in [0.15, 0.2) is 0 Å². The van der Waals surface area contributed by atoms with Gasteiger partial charge in [-0.15, -0.1) is 0 Å². The van der Waals surface area contributed by atoms with E-state index in [1.165, 1.54) is 0 Å². The monoisotopic (exact) mass is 220 g/mol. The van der Waals surface area contributed by atoms with Crippen LogP contribution < -0.4 is 11.1 Å². The van der Waals surface area contributed by atoms with Crippen molar-refractivity contribution in [3.05, 3.63) is 29.3 Å². The first-order valence-corrected chi connectivity index (χ1v) is 5.44. The van der Waals surface area contributed by atoms with E-state index in [1.807, 2.05) is 13.0 Å². The average Bonchev–Trinajstić information content (AvgIpc) is 2.13. The zero-order chi connectivity index (χ0) is 12.3. The molecule has 0 saturated heterocycles. The van der Waals surface area contributed by atoms with Crippen molar-refractivity contribution >= 4 is 11.6 Å². The first-order valence-electron chi connectivity index (χ1n) is 5.44. The standard InChI is InChI=1S/C13H20N2O/c1-9-7-10(14)5-6-11(9)12(16)15-8-13(2,3)4/h5-7H,8,14H2,1-4H3,(H,15,16). The number of nitrogens with one attached hydrogen (secondary N) is 1. The molecule has 0 unspecified atom stereocenters. The number of carbonyl (C=O) groups is 1. The minimum absolute atomic E-state index is 0.0348. The molecule has 0 bridgehead atoms. The molecule has 3 heteroatoms.